The second-order valence-electron chi connectivity index (χ2n) is 6.06. The van der Waals surface area contributed by atoms with E-state index in [1.807, 2.05) is 0 Å². The van der Waals surface area contributed by atoms with E-state index in [9.17, 15) is 22.2 Å². The van der Waals surface area contributed by atoms with Gasteiger partial charge in [-0.05, 0) is 55.0 Å². The van der Waals surface area contributed by atoms with Gasteiger partial charge >= 0.3 is 6.18 Å². The average Bonchev–Trinajstić information content (AvgIpc) is 2.66. The first-order valence-electron chi connectivity index (χ1n) is 8.17. The lowest BCUT2D eigenvalue weighted by Gasteiger charge is -2.15. The van der Waals surface area contributed by atoms with E-state index in [4.69, 9.17) is 17.0 Å². The molecule has 2 unspecified atom stereocenters. The third kappa shape index (κ3) is 5.97. The van der Waals surface area contributed by atoms with Gasteiger partial charge in [0.25, 0.3) is 5.91 Å². The lowest BCUT2D eigenvalue weighted by atomic mass is 10.2. The topological polar surface area (TPSA) is 80.6 Å². The molecule has 156 valence electrons. The Hall–Kier alpha value is -2.53. The van der Waals surface area contributed by atoms with E-state index in [1.54, 1.807) is 12.1 Å². The van der Waals surface area contributed by atoms with Crippen molar-refractivity contribution >= 4 is 33.0 Å². The molecule has 0 aliphatic carbocycles. The van der Waals surface area contributed by atoms with Crippen molar-refractivity contribution < 1.29 is 26.9 Å². The zero-order chi connectivity index (χ0) is 21.8. The summed E-state index contributed by atoms with van der Waals surface area (Å²) in [6.07, 6.45) is -2.25. The minimum absolute atomic E-state index is 0.287. The van der Waals surface area contributed by atoms with Crippen molar-refractivity contribution in [2.45, 2.75) is 18.3 Å². The van der Waals surface area contributed by atoms with Crippen LogP contribution in [0.25, 0.3) is 0 Å². The quantitative estimate of drug-likeness (QED) is 0.720. The van der Waals surface area contributed by atoms with Crippen LogP contribution < -0.4 is 10.1 Å². The van der Waals surface area contributed by atoms with Gasteiger partial charge < -0.3 is 4.74 Å². The fourth-order valence-corrected chi connectivity index (χ4v) is 3.96. The maximum absolute atomic E-state index is 12.9. The monoisotopic (exact) mass is 445 g/mol. The van der Waals surface area contributed by atoms with Crippen molar-refractivity contribution in [2.75, 3.05) is 13.4 Å². The van der Waals surface area contributed by atoms with Crippen LogP contribution in [-0.4, -0.2) is 33.6 Å². The van der Waals surface area contributed by atoms with Crippen molar-refractivity contribution in [2.24, 2.45) is 4.36 Å². The van der Waals surface area contributed by atoms with Crippen LogP contribution >= 0.6 is 12.2 Å². The van der Waals surface area contributed by atoms with E-state index in [2.05, 4.69) is 14.7 Å². The first-order chi connectivity index (χ1) is 13.4. The zero-order valence-electron chi connectivity index (χ0n) is 15.7. The smallest absolute Gasteiger partial charge is 0.433 e. The lowest BCUT2D eigenvalue weighted by molar-refractivity contribution is -0.141. The number of pyridine rings is 1. The molecule has 11 heteroatoms. The van der Waals surface area contributed by atoms with Gasteiger partial charge in [-0.3, -0.25) is 15.1 Å². The molecule has 6 nitrogen and oxygen atoms in total. The molecule has 0 aliphatic rings. The molecule has 2 aromatic rings. The first kappa shape index (κ1) is 22.8. The number of carbonyl (C=O) groups excluding carboxylic acids is 1. The lowest BCUT2D eigenvalue weighted by Crippen LogP contribution is -2.28. The Morgan fingerprint density at radius 3 is 2.34 bits per heavy atom. The van der Waals surface area contributed by atoms with Crippen LogP contribution in [0.4, 0.5) is 13.2 Å². The second-order valence-corrected chi connectivity index (χ2v) is 9.06. The summed E-state index contributed by atoms with van der Waals surface area (Å²) in [7, 11) is -1.53. The standard InChI is InChI=1S/C18H18F3N3O3S2/c1-11(13-6-9-15(22-10-13)18(19,20)21)29(3,26)24-17(28)23-16(25)12-4-7-14(27-2)8-5-12/h4-11H,1-3H3,(H,23,25,28). The van der Waals surface area contributed by atoms with Crippen LogP contribution in [0.3, 0.4) is 0 Å². The minimum Gasteiger partial charge on any atom is -0.497 e. The fraction of sp³-hybridized carbons (Fsp3) is 0.278. The molecule has 1 heterocycles. The molecule has 0 radical (unpaired) electrons. The number of aromatic nitrogens is 1. The van der Waals surface area contributed by atoms with Gasteiger partial charge in [0.05, 0.1) is 22.1 Å². The van der Waals surface area contributed by atoms with E-state index in [1.165, 1.54) is 38.5 Å². The van der Waals surface area contributed by atoms with Crippen molar-refractivity contribution in [3.05, 3.63) is 59.4 Å². The van der Waals surface area contributed by atoms with Gasteiger partial charge in [-0.1, -0.05) is 6.07 Å². The number of nitrogens with one attached hydrogen (secondary N) is 1. The molecule has 2 rings (SSSR count). The SMILES string of the molecule is COc1ccc(C(=O)NC(=S)N=S(C)(=O)C(C)c2ccc(C(F)(F)F)nc2)cc1. The Kier molecular flexibility index (Phi) is 6.96. The summed E-state index contributed by atoms with van der Waals surface area (Å²) >= 11 is 5.00. The Morgan fingerprint density at radius 1 is 1.24 bits per heavy atom. The summed E-state index contributed by atoms with van der Waals surface area (Å²) < 4.78 is 59.7. The predicted octanol–water partition coefficient (Wildman–Crippen LogP) is 3.98. The molecular weight excluding hydrogens is 427 g/mol. The van der Waals surface area contributed by atoms with E-state index in [0.29, 0.717) is 16.9 Å². The normalized spacial score (nSPS) is 14.4. The van der Waals surface area contributed by atoms with Crippen LogP contribution in [0.2, 0.25) is 0 Å². The third-order valence-electron chi connectivity index (χ3n) is 4.04. The molecular formula is C18H18F3N3O3S2. The number of thiocarbonyl (C=S) groups is 1. The number of rotatable bonds is 4. The van der Waals surface area contributed by atoms with Crippen molar-refractivity contribution in [1.29, 1.82) is 0 Å². The highest BCUT2D eigenvalue weighted by molar-refractivity contribution is 7.94. The van der Waals surface area contributed by atoms with Gasteiger partial charge in [0.1, 0.15) is 11.4 Å². The predicted molar refractivity (Wildman–Crippen MR) is 107 cm³/mol. The number of methoxy groups -OCH3 is 1. The molecule has 1 aromatic heterocycles. The van der Waals surface area contributed by atoms with Crippen LogP contribution in [-0.2, 0) is 15.9 Å². The van der Waals surface area contributed by atoms with Crippen molar-refractivity contribution in [1.82, 2.24) is 10.3 Å². The molecule has 29 heavy (non-hydrogen) atoms. The maximum atomic E-state index is 12.9. The van der Waals surface area contributed by atoms with Crippen LogP contribution in [0.5, 0.6) is 5.75 Å². The van der Waals surface area contributed by atoms with Gasteiger partial charge in [-0.2, -0.15) is 17.5 Å². The van der Waals surface area contributed by atoms with Gasteiger partial charge in [0, 0.05) is 18.0 Å². The summed E-state index contributed by atoms with van der Waals surface area (Å²) in [6, 6.07) is 8.24. The fourth-order valence-electron chi connectivity index (χ4n) is 2.24. The van der Waals surface area contributed by atoms with Gasteiger partial charge in [-0.25, -0.2) is 4.21 Å². The summed E-state index contributed by atoms with van der Waals surface area (Å²) in [6.45, 7) is 1.53. The number of hydrogen-bond donors (Lipinski definition) is 1. The number of amides is 1. The Labute approximate surface area is 171 Å². The van der Waals surface area contributed by atoms with Crippen LogP contribution in [0.1, 0.15) is 33.8 Å². The maximum Gasteiger partial charge on any atom is 0.433 e. The summed E-state index contributed by atoms with van der Waals surface area (Å²) in [5.74, 6) is 0.0322. The molecule has 2 atom stereocenters. The molecule has 1 aromatic carbocycles. The number of carbonyl (C=O) groups is 1. The Bertz CT molecular complexity index is 1010. The van der Waals surface area contributed by atoms with Gasteiger partial charge in [0.15, 0.2) is 0 Å². The molecule has 1 N–H and O–H groups in total. The number of ether oxygens (including phenoxy) is 1. The summed E-state index contributed by atoms with van der Waals surface area (Å²) in [4.78, 5) is 15.6. The van der Waals surface area contributed by atoms with Crippen LogP contribution in [0, 0.1) is 0 Å². The van der Waals surface area contributed by atoms with E-state index < -0.39 is 32.8 Å². The third-order valence-corrected chi connectivity index (χ3v) is 6.48. The molecule has 1 amide bonds. The highest BCUT2D eigenvalue weighted by Crippen LogP contribution is 2.29. The van der Waals surface area contributed by atoms with Crippen molar-refractivity contribution in [3.8, 4) is 5.75 Å². The number of nitrogens with zero attached hydrogens (tertiary/aromatic N) is 2. The van der Waals surface area contributed by atoms with Gasteiger partial charge in [-0.15, -0.1) is 0 Å². The zero-order valence-corrected chi connectivity index (χ0v) is 17.3. The number of halogens is 3. The first-order valence-corrected chi connectivity index (χ1v) is 10.6. The van der Waals surface area contributed by atoms with Crippen molar-refractivity contribution in [3.63, 3.8) is 0 Å². The molecule has 0 spiro atoms. The van der Waals surface area contributed by atoms with E-state index in [0.717, 1.165) is 12.3 Å². The number of hydrogen-bond acceptors (Lipinski definition) is 5. The minimum atomic E-state index is -4.56. The second kappa shape index (κ2) is 8.87. The molecule has 0 saturated heterocycles. The van der Waals surface area contributed by atoms with E-state index >= 15 is 0 Å². The summed E-state index contributed by atoms with van der Waals surface area (Å²) in [5, 5.41) is 1.31. The molecule has 0 fully saturated rings. The molecule has 0 saturated carbocycles. The highest BCUT2D eigenvalue weighted by Gasteiger charge is 2.32. The Balaban J connectivity index is 2.14. The van der Waals surface area contributed by atoms with E-state index in [-0.39, 0.29) is 5.11 Å². The summed E-state index contributed by atoms with van der Waals surface area (Å²) in [5.41, 5.74) is -0.445. The largest absolute Gasteiger partial charge is 0.497 e. The Morgan fingerprint density at radius 2 is 1.86 bits per heavy atom. The number of benzene rings is 1. The van der Waals surface area contributed by atoms with Crippen LogP contribution in [0.15, 0.2) is 47.0 Å². The molecule has 0 bridgehead atoms. The molecule has 0 aliphatic heterocycles. The average molecular weight is 445 g/mol. The highest BCUT2D eigenvalue weighted by atomic mass is 32.2. The van der Waals surface area contributed by atoms with Gasteiger partial charge in [0.2, 0.25) is 5.11 Å². The number of alkyl halides is 3.